The van der Waals surface area contributed by atoms with Crippen LogP contribution >= 0.6 is 11.6 Å². The number of rotatable bonds is 2. The Morgan fingerprint density at radius 2 is 2.29 bits per heavy atom. The number of aromatic nitrogens is 2. The quantitative estimate of drug-likeness (QED) is 0.858. The zero-order chi connectivity index (χ0) is 12.4. The van der Waals surface area contributed by atoms with Crippen molar-refractivity contribution < 1.29 is 9.90 Å². The molecule has 2 rings (SSSR count). The molecule has 0 radical (unpaired) electrons. The molecule has 5 nitrogen and oxygen atoms in total. The summed E-state index contributed by atoms with van der Waals surface area (Å²) in [7, 11) is 1.73. The van der Waals surface area contributed by atoms with E-state index in [0.29, 0.717) is 11.3 Å². The van der Waals surface area contributed by atoms with Crippen LogP contribution in [0.15, 0.2) is 30.6 Å². The predicted molar refractivity (Wildman–Crippen MR) is 64.3 cm³/mol. The Morgan fingerprint density at radius 1 is 1.53 bits per heavy atom. The van der Waals surface area contributed by atoms with Gasteiger partial charge in [0.15, 0.2) is 0 Å². The van der Waals surface area contributed by atoms with Crippen LogP contribution in [0.5, 0.6) is 5.75 Å². The lowest BCUT2D eigenvalue weighted by molar-refractivity contribution is 0.102. The first-order valence-electron chi connectivity index (χ1n) is 4.85. The number of nitrogens with one attached hydrogen (secondary N) is 1. The molecule has 2 aromatic rings. The standard InChI is InChI=1S/C11H10ClN3O2/c1-15-6-7(5-13-15)11(17)14-8-2-3-9(12)10(16)4-8/h2-6,16H,1H3,(H,14,17). The molecule has 0 fully saturated rings. The van der Waals surface area contributed by atoms with E-state index in [4.69, 9.17) is 11.6 Å². The zero-order valence-corrected chi connectivity index (χ0v) is 9.77. The lowest BCUT2D eigenvalue weighted by Crippen LogP contribution is -2.10. The second-order valence-corrected chi connectivity index (χ2v) is 3.93. The van der Waals surface area contributed by atoms with Crippen molar-refractivity contribution in [2.45, 2.75) is 0 Å². The van der Waals surface area contributed by atoms with Crippen molar-refractivity contribution in [3.63, 3.8) is 0 Å². The molecule has 0 bridgehead atoms. The van der Waals surface area contributed by atoms with Gasteiger partial charge < -0.3 is 10.4 Å². The van der Waals surface area contributed by atoms with E-state index >= 15 is 0 Å². The molecule has 0 atom stereocenters. The largest absolute Gasteiger partial charge is 0.506 e. The van der Waals surface area contributed by atoms with Crippen LogP contribution in [0.3, 0.4) is 0 Å². The fourth-order valence-electron chi connectivity index (χ4n) is 1.33. The SMILES string of the molecule is Cn1cc(C(=O)Nc2ccc(Cl)c(O)c2)cn1. The van der Waals surface area contributed by atoms with Crippen molar-refractivity contribution in [1.82, 2.24) is 9.78 Å². The average Bonchev–Trinajstić information content (AvgIpc) is 2.70. The molecule has 6 heteroatoms. The van der Waals surface area contributed by atoms with Crippen LogP contribution in [0, 0.1) is 0 Å². The average molecular weight is 252 g/mol. The van der Waals surface area contributed by atoms with Crippen molar-refractivity contribution in [3.05, 3.63) is 41.2 Å². The third kappa shape index (κ3) is 2.57. The molecule has 17 heavy (non-hydrogen) atoms. The summed E-state index contributed by atoms with van der Waals surface area (Å²) in [6.07, 6.45) is 3.07. The molecule has 0 saturated carbocycles. The number of nitrogens with zero attached hydrogens (tertiary/aromatic N) is 2. The molecular weight excluding hydrogens is 242 g/mol. The first-order valence-corrected chi connectivity index (χ1v) is 5.22. The smallest absolute Gasteiger partial charge is 0.258 e. The molecule has 88 valence electrons. The number of aryl methyl sites for hydroxylation is 1. The Hall–Kier alpha value is -2.01. The summed E-state index contributed by atoms with van der Waals surface area (Å²) in [6, 6.07) is 4.50. The number of benzene rings is 1. The van der Waals surface area contributed by atoms with Gasteiger partial charge in [0.2, 0.25) is 0 Å². The third-order valence-electron chi connectivity index (χ3n) is 2.17. The van der Waals surface area contributed by atoms with Gasteiger partial charge >= 0.3 is 0 Å². The van der Waals surface area contributed by atoms with Crippen molar-refractivity contribution in [2.24, 2.45) is 7.05 Å². The van der Waals surface area contributed by atoms with Crippen molar-refractivity contribution in [3.8, 4) is 5.75 Å². The monoisotopic (exact) mass is 251 g/mol. The fraction of sp³-hybridized carbons (Fsp3) is 0.0909. The van der Waals surface area contributed by atoms with Crippen LogP contribution < -0.4 is 5.32 Å². The fourth-order valence-corrected chi connectivity index (χ4v) is 1.45. The van der Waals surface area contributed by atoms with E-state index in [1.54, 1.807) is 19.3 Å². The molecule has 1 aromatic heterocycles. The van der Waals surface area contributed by atoms with Crippen LogP contribution in [0.4, 0.5) is 5.69 Å². The third-order valence-corrected chi connectivity index (χ3v) is 2.49. The van der Waals surface area contributed by atoms with Gasteiger partial charge in [-0.05, 0) is 12.1 Å². The predicted octanol–water partition coefficient (Wildman–Crippen LogP) is 2.03. The molecule has 0 aliphatic carbocycles. The van der Waals surface area contributed by atoms with E-state index in [1.165, 1.54) is 23.0 Å². The Morgan fingerprint density at radius 3 is 2.88 bits per heavy atom. The van der Waals surface area contributed by atoms with Crippen molar-refractivity contribution >= 4 is 23.2 Å². The Labute approximate surface area is 103 Å². The Bertz CT molecular complexity index is 566. The van der Waals surface area contributed by atoms with Crippen LogP contribution in [-0.2, 0) is 7.05 Å². The number of aromatic hydroxyl groups is 1. The number of phenolic OH excluding ortho intramolecular Hbond substituents is 1. The summed E-state index contributed by atoms with van der Waals surface area (Å²) in [5.74, 6) is -0.365. The molecule has 0 spiro atoms. The van der Waals surface area contributed by atoms with Crippen molar-refractivity contribution in [1.29, 1.82) is 0 Å². The van der Waals surface area contributed by atoms with E-state index < -0.39 is 0 Å². The maximum atomic E-state index is 11.7. The summed E-state index contributed by atoms with van der Waals surface area (Å²) in [6.45, 7) is 0. The highest BCUT2D eigenvalue weighted by molar-refractivity contribution is 6.32. The molecule has 2 N–H and O–H groups in total. The van der Waals surface area contributed by atoms with Crippen molar-refractivity contribution in [2.75, 3.05) is 5.32 Å². The lowest BCUT2D eigenvalue weighted by atomic mass is 10.2. The normalized spacial score (nSPS) is 10.2. The molecule has 1 amide bonds. The minimum Gasteiger partial charge on any atom is -0.506 e. The first-order chi connectivity index (χ1) is 8.06. The molecule has 0 aliphatic heterocycles. The molecule has 0 saturated heterocycles. The lowest BCUT2D eigenvalue weighted by Gasteiger charge is -2.04. The molecular formula is C11H10ClN3O2. The summed E-state index contributed by atoms with van der Waals surface area (Å²) in [5.41, 5.74) is 0.919. The van der Waals surface area contributed by atoms with E-state index in [-0.39, 0.29) is 16.7 Å². The summed E-state index contributed by atoms with van der Waals surface area (Å²) < 4.78 is 1.54. The van der Waals surface area contributed by atoms with Gasteiger partial charge in [-0.2, -0.15) is 5.10 Å². The van der Waals surface area contributed by atoms with Gasteiger partial charge in [-0.15, -0.1) is 0 Å². The number of carbonyl (C=O) groups is 1. The number of halogens is 1. The van der Waals surface area contributed by atoms with E-state index in [2.05, 4.69) is 10.4 Å². The second-order valence-electron chi connectivity index (χ2n) is 3.52. The molecule has 1 aromatic carbocycles. The minimum absolute atomic E-state index is 0.0735. The number of amides is 1. The summed E-state index contributed by atoms with van der Waals surface area (Å²) >= 11 is 5.66. The number of anilines is 1. The maximum absolute atomic E-state index is 11.7. The van der Waals surface area contributed by atoms with Gasteiger partial charge in [0, 0.05) is 25.0 Å². The Kier molecular flexibility index (Phi) is 3.01. The molecule has 0 unspecified atom stereocenters. The van der Waals surface area contributed by atoms with E-state index in [9.17, 15) is 9.90 Å². The highest BCUT2D eigenvalue weighted by Crippen LogP contribution is 2.26. The van der Waals surface area contributed by atoms with Gasteiger partial charge in [-0.25, -0.2) is 0 Å². The van der Waals surface area contributed by atoms with Gasteiger partial charge in [0.25, 0.3) is 5.91 Å². The zero-order valence-electron chi connectivity index (χ0n) is 9.01. The van der Waals surface area contributed by atoms with Crippen LogP contribution in [0.2, 0.25) is 5.02 Å². The molecule has 0 aliphatic rings. The highest BCUT2D eigenvalue weighted by atomic mass is 35.5. The van der Waals surface area contributed by atoms with E-state index in [1.807, 2.05) is 0 Å². The van der Waals surface area contributed by atoms with Gasteiger partial charge in [-0.1, -0.05) is 11.6 Å². The topological polar surface area (TPSA) is 67.2 Å². The first kappa shape index (κ1) is 11.5. The maximum Gasteiger partial charge on any atom is 0.258 e. The van der Waals surface area contributed by atoms with Crippen LogP contribution in [0.1, 0.15) is 10.4 Å². The Balaban J connectivity index is 2.15. The van der Waals surface area contributed by atoms with Gasteiger partial charge in [0.1, 0.15) is 5.75 Å². The number of carbonyl (C=O) groups excluding carboxylic acids is 1. The molecule has 1 heterocycles. The van der Waals surface area contributed by atoms with Crippen LogP contribution in [0.25, 0.3) is 0 Å². The number of phenols is 1. The summed E-state index contributed by atoms with van der Waals surface area (Å²) in [4.78, 5) is 11.7. The minimum atomic E-state index is -0.292. The van der Waals surface area contributed by atoms with Gasteiger partial charge in [-0.3, -0.25) is 9.48 Å². The van der Waals surface area contributed by atoms with E-state index in [0.717, 1.165) is 0 Å². The highest BCUT2D eigenvalue weighted by Gasteiger charge is 2.09. The van der Waals surface area contributed by atoms with Crippen LogP contribution in [-0.4, -0.2) is 20.8 Å². The van der Waals surface area contributed by atoms with Gasteiger partial charge in [0.05, 0.1) is 16.8 Å². The number of hydrogen-bond donors (Lipinski definition) is 2. The summed E-state index contributed by atoms with van der Waals surface area (Å²) in [5, 5.41) is 16.2. The second kappa shape index (κ2) is 4.47. The number of hydrogen-bond acceptors (Lipinski definition) is 3.